The number of aryl methyl sites for hydroxylation is 2. The second kappa shape index (κ2) is 4.95. The number of nitrogens with one attached hydrogen (secondary N) is 1. The summed E-state index contributed by atoms with van der Waals surface area (Å²) in [5.41, 5.74) is 1.06. The standard InChI is InChI=1S/C14H18N2O2S/c1-11-5-6-13(9-12(11)2)19(17,18)16-14(10-15)7-3-4-8-14/h5-6,9,16H,3-4,7-8H2,1-2H3. The summed E-state index contributed by atoms with van der Waals surface area (Å²) >= 11 is 0. The Balaban J connectivity index is 2.32. The normalized spacial score (nSPS) is 18.2. The van der Waals surface area contributed by atoms with Gasteiger partial charge >= 0.3 is 0 Å². The molecule has 1 N–H and O–H groups in total. The van der Waals surface area contributed by atoms with Crippen molar-refractivity contribution in [3.05, 3.63) is 29.3 Å². The molecule has 0 heterocycles. The molecule has 1 aromatic carbocycles. The smallest absolute Gasteiger partial charge is 0.207 e. The van der Waals surface area contributed by atoms with Crippen molar-refractivity contribution in [2.75, 3.05) is 0 Å². The van der Waals surface area contributed by atoms with Gasteiger partial charge in [0.15, 0.2) is 0 Å². The largest absolute Gasteiger partial charge is 0.241 e. The van der Waals surface area contributed by atoms with E-state index in [1.807, 2.05) is 13.8 Å². The predicted molar refractivity (Wildman–Crippen MR) is 73.0 cm³/mol. The lowest BCUT2D eigenvalue weighted by atomic mass is 10.0. The second-order valence-electron chi connectivity index (χ2n) is 5.25. The Hall–Kier alpha value is -1.38. The van der Waals surface area contributed by atoms with Crippen molar-refractivity contribution in [1.29, 1.82) is 5.26 Å². The lowest BCUT2D eigenvalue weighted by Crippen LogP contribution is -2.44. The Morgan fingerprint density at radius 3 is 2.37 bits per heavy atom. The van der Waals surface area contributed by atoms with Gasteiger partial charge in [0, 0.05) is 0 Å². The first-order valence-electron chi connectivity index (χ1n) is 6.41. The molecule has 1 aliphatic rings. The molecule has 0 spiro atoms. The van der Waals surface area contributed by atoms with Gasteiger partial charge in [0.1, 0.15) is 5.54 Å². The van der Waals surface area contributed by atoms with Gasteiger partial charge in [0.2, 0.25) is 10.0 Å². The molecule has 0 radical (unpaired) electrons. The zero-order valence-corrected chi connectivity index (χ0v) is 12.0. The number of nitrogens with zero attached hydrogens (tertiary/aromatic N) is 1. The molecule has 1 aliphatic carbocycles. The molecule has 1 fully saturated rings. The van der Waals surface area contributed by atoms with E-state index in [4.69, 9.17) is 0 Å². The molecule has 0 aliphatic heterocycles. The summed E-state index contributed by atoms with van der Waals surface area (Å²) in [6.07, 6.45) is 2.97. The Morgan fingerprint density at radius 1 is 1.21 bits per heavy atom. The SMILES string of the molecule is Cc1ccc(S(=O)(=O)NC2(C#N)CCCC2)cc1C. The van der Waals surface area contributed by atoms with Gasteiger partial charge < -0.3 is 0 Å². The number of hydrogen-bond acceptors (Lipinski definition) is 3. The fraction of sp³-hybridized carbons (Fsp3) is 0.500. The molecule has 0 aromatic heterocycles. The maximum atomic E-state index is 12.4. The van der Waals surface area contributed by atoms with E-state index in [0.29, 0.717) is 12.8 Å². The molecule has 1 saturated carbocycles. The van der Waals surface area contributed by atoms with Crippen LogP contribution in [0.15, 0.2) is 23.1 Å². The van der Waals surface area contributed by atoms with Gasteiger partial charge in [-0.1, -0.05) is 18.9 Å². The van der Waals surface area contributed by atoms with E-state index in [1.165, 1.54) is 0 Å². The van der Waals surface area contributed by atoms with Gasteiger partial charge in [-0.05, 0) is 49.9 Å². The first kappa shape index (κ1) is 14.0. The van der Waals surface area contributed by atoms with Crippen LogP contribution in [0.3, 0.4) is 0 Å². The van der Waals surface area contributed by atoms with Crippen molar-refractivity contribution in [2.24, 2.45) is 0 Å². The number of sulfonamides is 1. The monoisotopic (exact) mass is 278 g/mol. The van der Waals surface area contributed by atoms with Gasteiger partial charge in [0.05, 0.1) is 11.0 Å². The molecular weight excluding hydrogens is 260 g/mol. The van der Waals surface area contributed by atoms with Gasteiger partial charge in [0.25, 0.3) is 0 Å². The van der Waals surface area contributed by atoms with E-state index in [9.17, 15) is 13.7 Å². The van der Waals surface area contributed by atoms with Crippen LogP contribution in [0.2, 0.25) is 0 Å². The summed E-state index contributed by atoms with van der Waals surface area (Å²) in [5, 5.41) is 9.25. The average Bonchev–Trinajstić information content (AvgIpc) is 2.81. The molecule has 19 heavy (non-hydrogen) atoms. The van der Waals surface area contributed by atoms with Crippen molar-refractivity contribution in [1.82, 2.24) is 4.72 Å². The molecule has 0 bridgehead atoms. The Bertz CT molecular complexity index is 623. The minimum absolute atomic E-state index is 0.233. The van der Waals surface area contributed by atoms with Crippen LogP contribution in [-0.2, 0) is 10.0 Å². The van der Waals surface area contributed by atoms with E-state index < -0.39 is 15.6 Å². The van der Waals surface area contributed by atoms with Crippen LogP contribution in [-0.4, -0.2) is 14.0 Å². The van der Waals surface area contributed by atoms with Crippen LogP contribution in [0.4, 0.5) is 0 Å². The minimum atomic E-state index is -3.63. The molecule has 2 rings (SSSR count). The van der Waals surface area contributed by atoms with Gasteiger partial charge in [-0.3, -0.25) is 0 Å². The van der Waals surface area contributed by atoms with Gasteiger partial charge in [-0.25, -0.2) is 8.42 Å². The Kier molecular flexibility index (Phi) is 3.66. The quantitative estimate of drug-likeness (QED) is 0.923. The van der Waals surface area contributed by atoms with E-state index >= 15 is 0 Å². The predicted octanol–water partition coefficient (Wildman–Crippen LogP) is 2.42. The Morgan fingerprint density at radius 2 is 1.84 bits per heavy atom. The van der Waals surface area contributed by atoms with Crippen molar-refractivity contribution in [3.8, 4) is 6.07 Å². The lowest BCUT2D eigenvalue weighted by Gasteiger charge is -2.22. The van der Waals surface area contributed by atoms with Crippen LogP contribution in [0, 0.1) is 25.2 Å². The summed E-state index contributed by atoms with van der Waals surface area (Å²) in [7, 11) is -3.63. The van der Waals surface area contributed by atoms with Crippen LogP contribution in [0.1, 0.15) is 36.8 Å². The zero-order chi connectivity index (χ0) is 14.1. The minimum Gasteiger partial charge on any atom is -0.207 e. The van der Waals surface area contributed by atoms with E-state index in [-0.39, 0.29) is 4.90 Å². The highest BCUT2D eigenvalue weighted by Gasteiger charge is 2.38. The summed E-state index contributed by atoms with van der Waals surface area (Å²) in [6.45, 7) is 3.82. The molecule has 1 aromatic rings. The molecular formula is C14H18N2O2S. The van der Waals surface area contributed by atoms with Crippen LogP contribution in [0.5, 0.6) is 0 Å². The highest BCUT2D eigenvalue weighted by Crippen LogP contribution is 2.30. The third kappa shape index (κ3) is 2.80. The molecule has 0 unspecified atom stereocenters. The summed E-state index contributed by atoms with van der Waals surface area (Å²) < 4.78 is 27.3. The number of nitriles is 1. The van der Waals surface area contributed by atoms with Crippen molar-refractivity contribution in [3.63, 3.8) is 0 Å². The van der Waals surface area contributed by atoms with Crippen molar-refractivity contribution < 1.29 is 8.42 Å². The first-order chi connectivity index (χ1) is 8.88. The molecule has 0 amide bonds. The first-order valence-corrected chi connectivity index (χ1v) is 7.89. The van der Waals surface area contributed by atoms with E-state index in [2.05, 4.69) is 10.8 Å². The highest BCUT2D eigenvalue weighted by molar-refractivity contribution is 7.89. The van der Waals surface area contributed by atoms with Crippen molar-refractivity contribution >= 4 is 10.0 Å². The third-order valence-electron chi connectivity index (χ3n) is 3.79. The van der Waals surface area contributed by atoms with Gasteiger partial charge in [-0.15, -0.1) is 0 Å². The van der Waals surface area contributed by atoms with Crippen LogP contribution in [0.25, 0.3) is 0 Å². The summed E-state index contributed by atoms with van der Waals surface area (Å²) in [4.78, 5) is 0.233. The summed E-state index contributed by atoms with van der Waals surface area (Å²) in [5.74, 6) is 0. The third-order valence-corrected chi connectivity index (χ3v) is 5.32. The van der Waals surface area contributed by atoms with E-state index in [1.54, 1.807) is 18.2 Å². The molecule has 0 saturated heterocycles. The molecule has 4 nitrogen and oxygen atoms in total. The summed E-state index contributed by atoms with van der Waals surface area (Å²) in [6, 6.07) is 7.17. The molecule has 5 heteroatoms. The average molecular weight is 278 g/mol. The second-order valence-corrected chi connectivity index (χ2v) is 6.93. The maximum Gasteiger partial charge on any atom is 0.241 e. The van der Waals surface area contributed by atoms with Crippen LogP contribution < -0.4 is 4.72 Å². The topological polar surface area (TPSA) is 70.0 Å². The van der Waals surface area contributed by atoms with Crippen LogP contribution >= 0.6 is 0 Å². The van der Waals surface area contributed by atoms with Crippen molar-refractivity contribution in [2.45, 2.75) is 50.0 Å². The maximum absolute atomic E-state index is 12.4. The number of hydrogen-bond donors (Lipinski definition) is 1. The highest BCUT2D eigenvalue weighted by atomic mass is 32.2. The van der Waals surface area contributed by atoms with Gasteiger partial charge in [-0.2, -0.15) is 9.98 Å². The lowest BCUT2D eigenvalue weighted by molar-refractivity contribution is 0.485. The zero-order valence-electron chi connectivity index (χ0n) is 11.2. The van der Waals surface area contributed by atoms with E-state index in [0.717, 1.165) is 24.0 Å². The molecule has 102 valence electrons. The fourth-order valence-electron chi connectivity index (χ4n) is 2.41. The fourth-order valence-corrected chi connectivity index (χ4v) is 3.87. The number of benzene rings is 1. The Labute approximate surface area is 114 Å². The number of rotatable bonds is 3. The molecule has 0 atom stereocenters.